The van der Waals surface area contributed by atoms with Crippen LogP contribution in [-0.2, 0) is 13.6 Å². The van der Waals surface area contributed by atoms with E-state index in [0.717, 1.165) is 11.0 Å². The van der Waals surface area contributed by atoms with Crippen LogP contribution >= 0.6 is 35.0 Å². The summed E-state index contributed by atoms with van der Waals surface area (Å²) in [5, 5.41) is 9.23. The zero-order valence-corrected chi connectivity index (χ0v) is 9.90. The Bertz CT molecular complexity index is 336. The van der Waals surface area contributed by atoms with Gasteiger partial charge in [0.2, 0.25) is 0 Å². The van der Waals surface area contributed by atoms with Gasteiger partial charge in [0.15, 0.2) is 5.16 Å². The maximum atomic E-state index is 5.73. The largest absolute Gasteiger partial charge is 0.324 e. The minimum Gasteiger partial charge on any atom is -0.324 e. The van der Waals surface area contributed by atoms with E-state index in [1.54, 1.807) is 0 Å². The van der Waals surface area contributed by atoms with E-state index in [4.69, 9.17) is 28.9 Å². The second-order valence-electron chi connectivity index (χ2n) is 2.51. The molecule has 0 aromatic carbocycles. The first-order valence-electron chi connectivity index (χ1n) is 3.85. The fourth-order valence-corrected chi connectivity index (χ4v) is 1.89. The number of rotatable bonds is 4. The molecule has 0 atom stereocenters. The van der Waals surface area contributed by atoms with E-state index in [1.807, 2.05) is 11.6 Å². The standard InChI is InChI=1S/C7H10Cl2N4S/c1-13-6(3-10)11-12-7(13)14-4-5(9)2-8/h2H,3-4,10H2,1H3. The molecule has 0 amide bonds. The predicted molar refractivity (Wildman–Crippen MR) is 59.4 cm³/mol. The van der Waals surface area contributed by atoms with E-state index in [-0.39, 0.29) is 0 Å². The van der Waals surface area contributed by atoms with E-state index in [9.17, 15) is 0 Å². The highest BCUT2D eigenvalue weighted by atomic mass is 35.5. The van der Waals surface area contributed by atoms with Crippen molar-refractivity contribution in [1.82, 2.24) is 14.8 Å². The van der Waals surface area contributed by atoms with Gasteiger partial charge in [-0.25, -0.2) is 0 Å². The molecule has 1 aromatic heterocycles. The third-order valence-corrected chi connectivity index (χ3v) is 3.41. The molecule has 7 heteroatoms. The Hall–Kier alpha value is -0.230. The van der Waals surface area contributed by atoms with Crippen molar-refractivity contribution >= 4 is 35.0 Å². The molecule has 0 aliphatic rings. The minimum atomic E-state index is 0.378. The Kier molecular flexibility index (Phi) is 4.74. The van der Waals surface area contributed by atoms with Crippen molar-refractivity contribution in [2.45, 2.75) is 11.7 Å². The van der Waals surface area contributed by atoms with E-state index >= 15 is 0 Å². The maximum absolute atomic E-state index is 5.73. The van der Waals surface area contributed by atoms with Crippen LogP contribution in [-0.4, -0.2) is 20.5 Å². The first kappa shape index (κ1) is 11.8. The van der Waals surface area contributed by atoms with Gasteiger partial charge < -0.3 is 10.3 Å². The molecule has 0 radical (unpaired) electrons. The average Bonchev–Trinajstić information content (AvgIpc) is 2.56. The van der Waals surface area contributed by atoms with Crippen LogP contribution in [0.2, 0.25) is 0 Å². The second kappa shape index (κ2) is 5.60. The Labute approximate surface area is 96.5 Å². The topological polar surface area (TPSA) is 56.7 Å². The molecule has 0 spiro atoms. The molecule has 0 unspecified atom stereocenters. The fraction of sp³-hybridized carbons (Fsp3) is 0.429. The van der Waals surface area contributed by atoms with Gasteiger partial charge in [0.05, 0.1) is 6.54 Å². The first-order chi connectivity index (χ1) is 6.69. The van der Waals surface area contributed by atoms with Gasteiger partial charge in [-0.15, -0.1) is 10.2 Å². The molecule has 0 fully saturated rings. The summed E-state index contributed by atoms with van der Waals surface area (Å²) in [6.07, 6.45) is 0. The van der Waals surface area contributed by atoms with Gasteiger partial charge in [0.1, 0.15) is 5.82 Å². The summed E-state index contributed by atoms with van der Waals surface area (Å²) < 4.78 is 1.84. The number of nitrogens with two attached hydrogens (primary N) is 1. The average molecular weight is 253 g/mol. The molecule has 0 aliphatic carbocycles. The third kappa shape index (κ3) is 2.88. The smallest absolute Gasteiger partial charge is 0.191 e. The number of hydrogen-bond acceptors (Lipinski definition) is 4. The van der Waals surface area contributed by atoms with Crippen LogP contribution in [0.1, 0.15) is 5.82 Å². The Morgan fingerprint density at radius 1 is 1.64 bits per heavy atom. The Morgan fingerprint density at radius 3 is 2.86 bits per heavy atom. The lowest BCUT2D eigenvalue weighted by Crippen LogP contribution is -2.05. The van der Waals surface area contributed by atoms with E-state index in [2.05, 4.69) is 10.2 Å². The van der Waals surface area contributed by atoms with Crippen LogP contribution in [0.3, 0.4) is 0 Å². The van der Waals surface area contributed by atoms with Crippen LogP contribution in [0.25, 0.3) is 0 Å². The SMILES string of the molecule is Cn1c(CN)nnc1SCC(Cl)=CCl. The summed E-state index contributed by atoms with van der Waals surface area (Å²) in [4.78, 5) is 0. The Morgan fingerprint density at radius 2 is 2.36 bits per heavy atom. The number of hydrogen-bond donors (Lipinski definition) is 1. The lowest BCUT2D eigenvalue weighted by Gasteiger charge is -2.00. The molecule has 2 N–H and O–H groups in total. The highest BCUT2D eigenvalue weighted by Gasteiger charge is 2.07. The fourth-order valence-electron chi connectivity index (χ4n) is 0.813. The van der Waals surface area contributed by atoms with Gasteiger partial charge in [-0.05, 0) is 0 Å². The highest BCUT2D eigenvalue weighted by Crippen LogP contribution is 2.20. The van der Waals surface area contributed by atoms with Crippen molar-refractivity contribution in [3.63, 3.8) is 0 Å². The molecule has 1 rings (SSSR count). The number of halogens is 2. The number of aromatic nitrogens is 3. The molecule has 1 aromatic rings. The molecule has 0 saturated carbocycles. The van der Waals surface area contributed by atoms with Gasteiger partial charge in [0.25, 0.3) is 0 Å². The van der Waals surface area contributed by atoms with E-state index in [0.29, 0.717) is 17.3 Å². The first-order valence-corrected chi connectivity index (χ1v) is 5.65. The molecule has 0 bridgehead atoms. The van der Waals surface area contributed by atoms with Crippen LogP contribution < -0.4 is 5.73 Å². The molecule has 14 heavy (non-hydrogen) atoms. The van der Waals surface area contributed by atoms with Crippen LogP contribution in [0, 0.1) is 0 Å². The third-order valence-electron chi connectivity index (χ3n) is 1.57. The molecule has 0 aliphatic heterocycles. The summed E-state index contributed by atoms with van der Waals surface area (Å²) in [7, 11) is 1.86. The van der Waals surface area contributed by atoms with Crippen molar-refractivity contribution in [3.8, 4) is 0 Å². The zero-order chi connectivity index (χ0) is 10.6. The van der Waals surface area contributed by atoms with E-state index < -0.39 is 0 Å². The normalized spacial score (nSPS) is 12.1. The Balaban J connectivity index is 2.63. The van der Waals surface area contributed by atoms with E-state index in [1.165, 1.54) is 17.3 Å². The summed E-state index contributed by atoms with van der Waals surface area (Å²) in [6, 6.07) is 0. The van der Waals surface area contributed by atoms with Crippen molar-refractivity contribution in [3.05, 3.63) is 16.4 Å². The number of nitrogens with zero attached hydrogens (tertiary/aromatic N) is 3. The monoisotopic (exact) mass is 252 g/mol. The van der Waals surface area contributed by atoms with Gasteiger partial charge >= 0.3 is 0 Å². The second-order valence-corrected chi connectivity index (χ2v) is 4.15. The maximum Gasteiger partial charge on any atom is 0.191 e. The van der Waals surface area contributed by atoms with Crippen LogP contribution in [0.4, 0.5) is 0 Å². The lowest BCUT2D eigenvalue weighted by atomic mass is 10.6. The van der Waals surface area contributed by atoms with Crippen molar-refractivity contribution in [2.24, 2.45) is 12.8 Å². The number of thioether (sulfide) groups is 1. The molecule has 78 valence electrons. The molecule has 1 heterocycles. The highest BCUT2D eigenvalue weighted by molar-refractivity contribution is 7.99. The van der Waals surface area contributed by atoms with Crippen LogP contribution in [0.5, 0.6) is 0 Å². The summed E-state index contributed by atoms with van der Waals surface area (Å²) in [5.41, 5.74) is 6.80. The minimum absolute atomic E-state index is 0.378. The molecule has 0 saturated heterocycles. The van der Waals surface area contributed by atoms with Gasteiger partial charge in [0, 0.05) is 23.4 Å². The lowest BCUT2D eigenvalue weighted by molar-refractivity contribution is 0.735. The molecular weight excluding hydrogens is 243 g/mol. The predicted octanol–water partition coefficient (Wildman–Crippen LogP) is 1.68. The van der Waals surface area contributed by atoms with Gasteiger partial charge in [-0.3, -0.25) is 0 Å². The summed E-state index contributed by atoms with van der Waals surface area (Å²) in [5.74, 6) is 1.33. The van der Waals surface area contributed by atoms with Gasteiger partial charge in [-0.2, -0.15) is 0 Å². The van der Waals surface area contributed by atoms with Crippen molar-refractivity contribution in [2.75, 3.05) is 5.75 Å². The zero-order valence-electron chi connectivity index (χ0n) is 7.57. The van der Waals surface area contributed by atoms with Crippen LogP contribution in [0.15, 0.2) is 15.7 Å². The quantitative estimate of drug-likeness (QED) is 0.829. The summed E-state index contributed by atoms with van der Waals surface area (Å²) >= 11 is 12.6. The summed E-state index contributed by atoms with van der Waals surface area (Å²) in [6.45, 7) is 0.378. The van der Waals surface area contributed by atoms with Crippen molar-refractivity contribution in [1.29, 1.82) is 0 Å². The van der Waals surface area contributed by atoms with Gasteiger partial charge in [-0.1, -0.05) is 35.0 Å². The van der Waals surface area contributed by atoms with Crippen molar-refractivity contribution < 1.29 is 0 Å². The molecular formula is C7H10Cl2N4S. The molecule has 4 nitrogen and oxygen atoms in total.